The van der Waals surface area contributed by atoms with E-state index in [2.05, 4.69) is 27.4 Å². The van der Waals surface area contributed by atoms with E-state index in [4.69, 9.17) is 26.1 Å². The Kier molecular flexibility index (Phi) is 11.3. The van der Waals surface area contributed by atoms with Crippen LogP contribution in [0.5, 0.6) is 5.75 Å². The molecule has 0 saturated heterocycles. The van der Waals surface area contributed by atoms with Crippen LogP contribution in [0.3, 0.4) is 0 Å². The highest BCUT2D eigenvalue weighted by Crippen LogP contribution is 2.21. The Morgan fingerprint density at radius 3 is 2.07 bits per heavy atom. The summed E-state index contributed by atoms with van der Waals surface area (Å²) in [5, 5.41) is 3.14. The summed E-state index contributed by atoms with van der Waals surface area (Å²) in [6.07, 6.45) is 0.528. The number of aromatic nitrogens is 3. The molecule has 1 heterocycles. The highest BCUT2D eigenvalue weighted by Gasteiger charge is 2.27. The lowest BCUT2D eigenvalue weighted by atomic mass is 10.1. The molecule has 10 nitrogen and oxygen atoms in total. The molecule has 0 aliphatic rings. The van der Waals surface area contributed by atoms with Gasteiger partial charge in [0.05, 0.1) is 0 Å². The molecule has 1 amide bonds. The molecule has 45 heavy (non-hydrogen) atoms. The minimum absolute atomic E-state index is 0.00438. The Balaban J connectivity index is 1.59. The van der Waals surface area contributed by atoms with Crippen LogP contribution < -0.4 is 15.0 Å². The first-order chi connectivity index (χ1) is 21.4. The number of esters is 1. The van der Waals surface area contributed by atoms with Crippen LogP contribution in [0.15, 0.2) is 84.9 Å². The molecule has 0 fully saturated rings. The van der Waals surface area contributed by atoms with Gasteiger partial charge in [-0.25, -0.2) is 9.59 Å². The largest absolute Gasteiger partial charge is 0.458 e. The van der Waals surface area contributed by atoms with E-state index < -0.39 is 23.7 Å². The zero-order valence-electron chi connectivity index (χ0n) is 26.2. The van der Waals surface area contributed by atoms with Gasteiger partial charge in [-0.2, -0.15) is 15.0 Å². The standard InChI is InChI=1S/C34H39ClN6O4/c1-34(2,3)45-29(42)28(22-25-16-18-27(19-17-25)44-33(43)40(4)5)36-31-37-30(35)38-32(39-31)41(23-26-14-10-7-11-15-26)21-20-24-12-8-6-9-13-24/h6-19,28H,20-23H2,1-5H3,(H,36,37,38,39)/t28-/m0/s1. The lowest BCUT2D eigenvalue weighted by molar-refractivity contribution is -0.155. The van der Waals surface area contributed by atoms with Gasteiger partial charge in [-0.1, -0.05) is 72.8 Å². The van der Waals surface area contributed by atoms with Crippen molar-refractivity contribution in [2.24, 2.45) is 0 Å². The summed E-state index contributed by atoms with van der Waals surface area (Å²) in [6.45, 7) is 6.60. The Bertz CT molecular complexity index is 1550. The highest BCUT2D eigenvalue weighted by molar-refractivity contribution is 6.28. The zero-order valence-corrected chi connectivity index (χ0v) is 27.0. The number of rotatable bonds is 12. The van der Waals surface area contributed by atoms with Crippen molar-refractivity contribution in [3.63, 3.8) is 0 Å². The maximum Gasteiger partial charge on any atom is 0.414 e. The van der Waals surface area contributed by atoms with Gasteiger partial charge in [-0.3, -0.25) is 0 Å². The van der Waals surface area contributed by atoms with Crippen LogP contribution in [0, 0.1) is 0 Å². The summed E-state index contributed by atoms with van der Waals surface area (Å²) in [5.74, 6) is 0.443. The van der Waals surface area contributed by atoms with E-state index in [1.165, 1.54) is 10.5 Å². The van der Waals surface area contributed by atoms with E-state index in [0.29, 0.717) is 24.8 Å². The molecular weight excluding hydrogens is 592 g/mol. The van der Waals surface area contributed by atoms with Gasteiger partial charge in [0.2, 0.25) is 17.2 Å². The average molecular weight is 631 g/mol. The van der Waals surface area contributed by atoms with Crippen molar-refractivity contribution in [2.75, 3.05) is 30.9 Å². The van der Waals surface area contributed by atoms with Crippen LogP contribution in [0.4, 0.5) is 16.7 Å². The lowest BCUT2D eigenvalue weighted by Gasteiger charge is -2.26. The van der Waals surface area contributed by atoms with Gasteiger partial charge >= 0.3 is 12.1 Å². The predicted molar refractivity (Wildman–Crippen MR) is 176 cm³/mol. The number of halogens is 1. The SMILES string of the molecule is CN(C)C(=O)Oc1ccc(C[C@H](Nc2nc(Cl)nc(N(CCc3ccccc3)Cc3ccccc3)n2)C(=O)OC(C)(C)C)cc1. The van der Waals surface area contributed by atoms with Gasteiger partial charge in [0.15, 0.2) is 0 Å². The van der Waals surface area contributed by atoms with Crippen molar-refractivity contribution in [3.05, 3.63) is 107 Å². The third kappa shape index (κ3) is 10.8. The van der Waals surface area contributed by atoms with Crippen LogP contribution >= 0.6 is 11.6 Å². The quantitative estimate of drug-likeness (QED) is 0.183. The molecular formula is C34H39ClN6O4. The van der Waals surface area contributed by atoms with Gasteiger partial charge in [0, 0.05) is 33.6 Å². The second-order valence-electron chi connectivity index (χ2n) is 11.7. The molecule has 1 atom stereocenters. The summed E-state index contributed by atoms with van der Waals surface area (Å²) in [4.78, 5) is 42.1. The Morgan fingerprint density at radius 1 is 0.844 bits per heavy atom. The van der Waals surface area contributed by atoms with Crippen LogP contribution in [-0.4, -0.2) is 64.2 Å². The number of anilines is 2. The Labute approximate surface area is 269 Å². The Hall–Kier alpha value is -4.70. The van der Waals surface area contributed by atoms with Crippen LogP contribution in [0.1, 0.15) is 37.5 Å². The molecule has 3 aromatic carbocycles. The average Bonchev–Trinajstić information content (AvgIpc) is 2.99. The normalized spacial score (nSPS) is 11.8. The predicted octanol–water partition coefficient (Wildman–Crippen LogP) is 6.20. The molecule has 4 rings (SSSR count). The third-order valence-electron chi connectivity index (χ3n) is 6.54. The van der Waals surface area contributed by atoms with Crippen molar-refractivity contribution < 1.29 is 19.1 Å². The summed E-state index contributed by atoms with van der Waals surface area (Å²) >= 11 is 6.44. The monoisotopic (exact) mass is 630 g/mol. The number of nitrogens with one attached hydrogen (secondary N) is 1. The van der Waals surface area contributed by atoms with E-state index >= 15 is 0 Å². The number of benzene rings is 3. The fourth-order valence-electron chi connectivity index (χ4n) is 4.35. The van der Waals surface area contributed by atoms with Gasteiger partial charge in [-0.05, 0) is 67.6 Å². The number of hydrogen-bond donors (Lipinski definition) is 1. The number of hydrogen-bond acceptors (Lipinski definition) is 9. The van der Waals surface area contributed by atoms with Gasteiger partial charge < -0.3 is 24.6 Å². The van der Waals surface area contributed by atoms with Crippen molar-refractivity contribution in [1.82, 2.24) is 19.9 Å². The second kappa shape index (κ2) is 15.3. The summed E-state index contributed by atoms with van der Waals surface area (Å²) in [6, 6.07) is 26.3. The second-order valence-corrected chi connectivity index (χ2v) is 12.0. The Morgan fingerprint density at radius 2 is 1.47 bits per heavy atom. The maximum atomic E-state index is 13.4. The molecule has 1 aromatic heterocycles. The minimum atomic E-state index is -0.849. The molecule has 0 aliphatic heterocycles. The van der Waals surface area contributed by atoms with Crippen LogP contribution in [-0.2, 0) is 28.9 Å². The van der Waals surface area contributed by atoms with Crippen molar-refractivity contribution in [1.29, 1.82) is 0 Å². The van der Waals surface area contributed by atoms with E-state index in [1.54, 1.807) is 38.4 Å². The number of carbonyl (C=O) groups excluding carboxylic acids is 2. The van der Waals surface area contributed by atoms with E-state index in [9.17, 15) is 9.59 Å². The van der Waals surface area contributed by atoms with Crippen molar-refractivity contribution >= 4 is 35.6 Å². The molecule has 4 aromatic rings. The number of ether oxygens (including phenoxy) is 2. The zero-order chi connectivity index (χ0) is 32.4. The van der Waals surface area contributed by atoms with Crippen LogP contribution in [0.25, 0.3) is 0 Å². The van der Waals surface area contributed by atoms with Crippen molar-refractivity contribution in [2.45, 2.75) is 51.8 Å². The van der Waals surface area contributed by atoms with Crippen LogP contribution in [0.2, 0.25) is 5.28 Å². The molecule has 0 radical (unpaired) electrons. The smallest absolute Gasteiger partial charge is 0.414 e. The van der Waals surface area contributed by atoms with Gasteiger partial charge in [0.1, 0.15) is 17.4 Å². The maximum absolute atomic E-state index is 13.4. The fourth-order valence-corrected chi connectivity index (χ4v) is 4.51. The highest BCUT2D eigenvalue weighted by atomic mass is 35.5. The number of nitrogens with zero attached hydrogens (tertiary/aromatic N) is 5. The van der Waals surface area contributed by atoms with E-state index in [-0.39, 0.29) is 17.7 Å². The van der Waals surface area contributed by atoms with E-state index in [1.807, 2.05) is 74.2 Å². The molecule has 0 spiro atoms. The van der Waals surface area contributed by atoms with E-state index in [0.717, 1.165) is 17.5 Å². The molecule has 1 N–H and O–H groups in total. The third-order valence-corrected chi connectivity index (χ3v) is 6.71. The molecule has 0 saturated carbocycles. The van der Waals surface area contributed by atoms with Crippen molar-refractivity contribution in [3.8, 4) is 5.75 Å². The topological polar surface area (TPSA) is 110 Å². The first kappa shape index (κ1) is 33.2. The first-order valence-corrected chi connectivity index (χ1v) is 15.0. The molecule has 11 heteroatoms. The molecule has 0 unspecified atom stereocenters. The number of amides is 1. The molecule has 236 valence electrons. The minimum Gasteiger partial charge on any atom is -0.458 e. The lowest BCUT2D eigenvalue weighted by Crippen LogP contribution is -2.38. The summed E-state index contributed by atoms with van der Waals surface area (Å²) < 4.78 is 11.0. The molecule has 0 aliphatic carbocycles. The van der Waals surface area contributed by atoms with Gasteiger partial charge in [0.25, 0.3) is 0 Å². The number of carbonyl (C=O) groups is 2. The summed E-state index contributed by atoms with van der Waals surface area (Å²) in [7, 11) is 3.22. The fraction of sp³-hybridized carbons (Fsp3) is 0.324. The van der Waals surface area contributed by atoms with Gasteiger partial charge in [-0.15, -0.1) is 0 Å². The molecule has 0 bridgehead atoms. The summed E-state index contributed by atoms with van der Waals surface area (Å²) in [5.41, 5.74) is 2.36. The first-order valence-electron chi connectivity index (χ1n) is 14.7.